The number of benzene rings is 2. The molecule has 2 rings (SSSR count). The summed E-state index contributed by atoms with van der Waals surface area (Å²) in [7, 11) is -2.17. The quantitative estimate of drug-likeness (QED) is 0.617. The van der Waals surface area contributed by atoms with E-state index < -0.39 is 28.5 Å². The zero-order valence-electron chi connectivity index (χ0n) is 16.0. The van der Waals surface area contributed by atoms with Crippen LogP contribution in [0.15, 0.2) is 48.5 Å². The SMILES string of the molecule is CC(C)(C)c1cc[c]([Sn][c]2ccc(C(C)(C)C)cc2)cc1.OB(O)O. The molecule has 0 fully saturated rings. The summed E-state index contributed by atoms with van der Waals surface area (Å²) in [5.41, 5.74) is 3.35. The Kier molecular flexibility index (Phi) is 8.19. The van der Waals surface area contributed by atoms with Crippen molar-refractivity contribution in [3.63, 3.8) is 0 Å². The molecule has 0 amide bonds. The van der Waals surface area contributed by atoms with Gasteiger partial charge >= 0.3 is 148 Å². The van der Waals surface area contributed by atoms with Crippen LogP contribution in [0.25, 0.3) is 0 Å². The maximum atomic E-state index is 7.17. The molecule has 0 saturated heterocycles. The Bertz CT molecular complexity index is 580. The van der Waals surface area contributed by atoms with Crippen LogP contribution in [0.5, 0.6) is 0 Å². The molecular weight excluding hydrogens is 418 g/mol. The summed E-state index contributed by atoms with van der Waals surface area (Å²) < 4.78 is 3.10. The summed E-state index contributed by atoms with van der Waals surface area (Å²) in [6, 6.07) is 18.6. The Hall–Kier alpha value is -0.816. The third-order valence-corrected chi connectivity index (χ3v) is 7.34. The van der Waals surface area contributed by atoms with Gasteiger partial charge in [-0.2, -0.15) is 0 Å². The van der Waals surface area contributed by atoms with Crippen LogP contribution in [0.1, 0.15) is 52.7 Å². The second kappa shape index (κ2) is 9.22. The molecule has 3 nitrogen and oxygen atoms in total. The zero-order chi connectivity index (χ0) is 19.3. The maximum Gasteiger partial charge on any atom is 0.631 e. The van der Waals surface area contributed by atoms with E-state index >= 15 is 0 Å². The Morgan fingerprint density at radius 2 is 0.840 bits per heavy atom. The van der Waals surface area contributed by atoms with E-state index in [4.69, 9.17) is 15.1 Å². The van der Waals surface area contributed by atoms with Gasteiger partial charge in [0, 0.05) is 0 Å². The fourth-order valence-electron chi connectivity index (χ4n) is 2.27. The minimum Gasteiger partial charge on any atom is -0.402 e. The molecule has 0 aliphatic heterocycles. The van der Waals surface area contributed by atoms with Gasteiger partial charge in [0.2, 0.25) is 0 Å². The standard InChI is InChI=1S/2C10H13.BH3O3.Sn/c2*1-10(2,3)9-7-5-4-6-8-9;2-1(3)4;/h2*5-8H,1-3H3;2-4H;. The van der Waals surface area contributed by atoms with Crippen molar-refractivity contribution >= 4 is 35.6 Å². The molecule has 0 spiro atoms. The predicted molar refractivity (Wildman–Crippen MR) is 108 cm³/mol. The van der Waals surface area contributed by atoms with Gasteiger partial charge in [-0.25, -0.2) is 0 Å². The fraction of sp³-hybridized carbons (Fsp3) is 0.400. The molecule has 0 aliphatic rings. The molecule has 0 aromatic heterocycles. The number of rotatable bonds is 2. The molecule has 0 aliphatic carbocycles. The van der Waals surface area contributed by atoms with Gasteiger partial charge in [0.25, 0.3) is 0 Å². The second-order valence-electron chi connectivity index (χ2n) is 8.13. The summed E-state index contributed by atoms with van der Waals surface area (Å²) in [4.78, 5) is 0. The molecule has 25 heavy (non-hydrogen) atoms. The Balaban J connectivity index is 0.000000705. The Morgan fingerprint density at radius 1 is 0.600 bits per heavy atom. The van der Waals surface area contributed by atoms with E-state index in [1.54, 1.807) is 7.16 Å². The molecule has 0 heterocycles. The van der Waals surface area contributed by atoms with Crippen molar-refractivity contribution < 1.29 is 15.1 Å². The van der Waals surface area contributed by atoms with Crippen molar-refractivity contribution in [1.29, 1.82) is 0 Å². The van der Waals surface area contributed by atoms with Crippen LogP contribution in [0.4, 0.5) is 0 Å². The number of hydrogen-bond acceptors (Lipinski definition) is 3. The first-order chi connectivity index (χ1) is 11.4. The largest absolute Gasteiger partial charge is 0.631 e. The average molecular weight is 447 g/mol. The first-order valence-corrected chi connectivity index (χ1v) is 11.3. The van der Waals surface area contributed by atoms with Crippen molar-refractivity contribution in [3.05, 3.63) is 59.7 Å². The van der Waals surface area contributed by atoms with Gasteiger partial charge in [0.15, 0.2) is 0 Å². The molecule has 0 bridgehead atoms. The van der Waals surface area contributed by atoms with Crippen molar-refractivity contribution in [2.45, 2.75) is 52.4 Å². The van der Waals surface area contributed by atoms with E-state index in [0.717, 1.165) is 0 Å². The van der Waals surface area contributed by atoms with Crippen LogP contribution in [0.3, 0.4) is 0 Å². The van der Waals surface area contributed by atoms with Gasteiger partial charge in [0.05, 0.1) is 0 Å². The van der Waals surface area contributed by atoms with Crippen LogP contribution in [0.2, 0.25) is 0 Å². The van der Waals surface area contributed by atoms with Gasteiger partial charge in [-0.3, -0.25) is 0 Å². The average Bonchev–Trinajstić information content (AvgIpc) is 2.46. The smallest absolute Gasteiger partial charge is 0.402 e. The van der Waals surface area contributed by atoms with E-state index in [0.29, 0.717) is 0 Å². The molecular formula is C20H29BO3Sn. The predicted octanol–water partition coefficient (Wildman–Crippen LogP) is 1.88. The summed E-state index contributed by atoms with van der Waals surface area (Å²) in [6.45, 7) is 13.6. The van der Waals surface area contributed by atoms with Gasteiger partial charge < -0.3 is 15.1 Å². The summed E-state index contributed by atoms with van der Waals surface area (Å²) in [5, 5.41) is 21.5. The molecule has 2 radical (unpaired) electrons. The van der Waals surface area contributed by atoms with Crippen LogP contribution in [-0.2, 0) is 10.8 Å². The zero-order valence-corrected chi connectivity index (χ0v) is 18.9. The van der Waals surface area contributed by atoms with E-state index in [2.05, 4.69) is 90.1 Å². The molecule has 2 aromatic carbocycles. The summed E-state index contributed by atoms with van der Waals surface area (Å²) in [6.07, 6.45) is 0. The monoisotopic (exact) mass is 448 g/mol. The fourth-order valence-corrected chi connectivity index (χ4v) is 5.13. The normalized spacial score (nSPS) is 11.6. The third-order valence-electron chi connectivity index (χ3n) is 3.79. The van der Waals surface area contributed by atoms with Crippen molar-refractivity contribution in [2.75, 3.05) is 0 Å². The van der Waals surface area contributed by atoms with Crippen LogP contribution < -0.4 is 7.16 Å². The molecule has 3 N–H and O–H groups in total. The second-order valence-corrected chi connectivity index (χ2v) is 12.1. The van der Waals surface area contributed by atoms with Crippen molar-refractivity contribution in [2.24, 2.45) is 0 Å². The van der Waals surface area contributed by atoms with E-state index in [9.17, 15) is 0 Å². The van der Waals surface area contributed by atoms with Crippen molar-refractivity contribution in [1.82, 2.24) is 0 Å². The molecule has 2 aromatic rings. The molecule has 0 saturated carbocycles. The van der Waals surface area contributed by atoms with Crippen molar-refractivity contribution in [3.8, 4) is 0 Å². The molecule has 0 unspecified atom stereocenters. The first-order valence-electron chi connectivity index (χ1n) is 8.42. The van der Waals surface area contributed by atoms with E-state index in [-0.39, 0.29) is 10.8 Å². The third kappa shape index (κ3) is 8.40. The maximum absolute atomic E-state index is 7.17. The minimum atomic E-state index is -2.17. The number of hydrogen-bond donors (Lipinski definition) is 3. The summed E-state index contributed by atoms with van der Waals surface area (Å²) in [5.74, 6) is 0. The molecule has 134 valence electrons. The van der Waals surface area contributed by atoms with Gasteiger partial charge in [-0.15, -0.1) is 0 Å². The Morgan fingerprint density at radius 3 is 1.04 bits per heavy atom. The van der Waals surface area contributed by atoms with Gasteiger partial charge in [-0.1, -0.05) is 0 Å². The van der Waals surface area contributed by atoms with Crippen LogP contribution in [0, 0.1) is 0 Å². The van der Waals surface area contributed by atoms with Crippen LogP contribution >= 0.6 is 0 Å². The van der Waals surface area contributed by atoms with E-state index in [1.165, 1.54) is 11.1 Å². The Labute approximate surface area is 162 Å². The molecule has 0 atom stereocenters. The van der Waals surface area contributed by atoms with Crippen LogP contribution in [-0.4, -0.2) is 43.5 Å². The molecule has 5 heteroatoms. The van der Waals surface area contributed by atoms with Gasteiger partial charge in [0.1, 0.15) is 0 Å². The van der Waals surface area contributed by atoms with E-state index in [1.807, 2.05) is 0 Å². The minimum absolute atomic E-state index is 0.248. The first kappa shape index (κ1) is 22.2. The summed E-state index contributed by atoms with van der Waals surface area (Å²) >= 11 is -0.659. The van der Waals surface area contributed by atoms with Gasteiger partial charge in [-0.05, 0) is 0 Å². The topological polar surface area (TPSA) is 60.7 Å².